The largest absolute Gasteiger partial charge is 0.373 e. The van der Waals surface area contributed by atoms with E-state index < -0.39 is 11.2 Å². The van der Waals surface area contributed by atoms with E-state index in [9.17, 15) is 9.90 Å². The molecule has 1 aliphatic carbocycles. The summed E-state index contributed by atoms with van der Waals surface area (Å²) in [5.41, 5.74) is 0.335. The lowest BCUT2D eigenvalue weighted by atomic mass is 10.0. The molecule has 3 nitrogen and oxygen atoms in total. The highest BCUT2D eigenvalue weighted by Crippen LogP contribution is 2.35. The van der Waals surface area contributed by atoms with Gasteiger partial charge in [-0.2, -0.15) is 0 Å². The lowest BCUT2D eigenvalue weighted by Gasteiger charge is -2.29. The van der Waals surface area contributed by atoms with Crippen LogP contribution >= 0.6 is 23.2 Å². The van der Waals surface area contributed by atoms with Crippen LogP contribution in [0.4, 0.5) is 0 Å². The highest BCUT2D eigenvalue weighted by Gasteiger charge is 2.39. The maximum atomic E-state index is 10.4. The Morgan fingerprint density at radius 2 is 2.38 bits per heavy atom. The number of ether oxygens (including phenoxy) is 1. The second kappa shape index (κ2) is 3.80. The SMILES string of the molecule is COC1C=C(C=O)C=C(Cl)C1(O)Cl. The fourth-order valence-electron chi connectivity index (χ4n) is 1.01. The van der Waals surface area contributed by atoms with Crippen LogP contribution in [0.25, 0.3) is 0 Å². The summed E-state index contributed by atoms with van der Waals surface area (Å²) >= 11 is 11.3. The van der Waals surface area contributed by atoms with Crippen molar-refractivity contribution in [3.8, 4) is 0 Å². The van der Waals surface area contributed by atoms with Crippen molar-refractivity contribution >= 4 is 29.5 Å². The maximum Gasteiger partial charge on any atom is 0.205 e. The van der Waals surface area contributed by atoms with Crippen LogP contribution in [0.5, 0.6) is 0 Å². The van der Waals surface area contributed by atoms with Crippen LogP contribution in [-0.4, -0.2) is 29.7 Å². The molecule has 5 heteroatoms. The number of hydrogen-bond acceptors (Lipinski definition) is 3. The van der Waals surface area contributed by atoms with Gasteiger partial charge < -0.3 is 9.84 Å². The average molecular weight is 223 g/mol. The molecule has 0 amide bonds. The molecule has 0 aliphatic heterocycles. The average Bonchev–Trinajstić information content (AvgIpc) is 2.09. The van der Waals surface area contributed by atoms with Crippen LogP contribution in [-0.2, 0) is 9.53 Å². The highest BCUT2D eigenvalue weighted by atomic mass is 35.5. The predicted octanol–water partition coefficient (Wildman–Crippen LogP) is 1.19. The number of aliphatic hydroxyl groups is 1. The van der Waals surface area contributed by atoms with Crippen molar-refractivity contribution in [1.29, 1.82) is 0 Å². The van der Waals surface area contributed by atoms with Crippen LogP contribution in [0.1, 0.15) is 0 Å². The summed E-state index contributed by atoms with van der Waals surface area (Å²) in [6, 6.07) is 0. The first kappa shape index (κ1) is 10.7. The quantitative estimate of drug-likeness (QED) is 0.565. The molecule has 0 aromatic rings. The van der Waals surface area contributed by atoms with Gasteiger partial charge in [-0.25, -0.2) is 0 Å². The predicted molar refractivity (Wildman–Crippen MR) is 49.7 cm³/mol. The fourth-order valence-corrected chi connectivity index (χ4v) is 1.45. The zero-order valence-electron chi connectivity index (χ0n) is 6.83. The van der Waals surface area contributed by atoms with E-state index in [1.54, 1.807) is 0 Å². The Labute approximate surface area is 85.6 Å². The third kappa shape index (κ3) is 1.94. The maximum absolute atomic E-state index is 10.4. The van der Waals surface area contributed by atoms with E-state index in [0.29, 0.717) is 11.9 Å². The topological polar surface area (TPSA) is 46.5 Å². The molecule has 0 spiro atoms. The van der Waals surface area contributed by atoms with Crippen LogP contribution in [0.15, 0.2) is 22.8 Å². The second-order valence-corrected chi connectivity index (χ2v) is 3.59. The fraction of sp³-hybridized carbons (Fsp3) is 0.375. The summed E-state index contributed by atoms with van der Waals surface area (Å²) in [6.07, 6.45) is 2.51. The van der Waals surface area contributed by atoms with Gasteiger partial charge >= 0.3 is 0 Å². The molecule has 0 fully saturated rings. The Kier molecular flexibility index (Phi) is 3.14. The van der Waals surface area contributed by atoms with E-state index in [1.165, 1.54) is 19.3 Å². The van der Waals surface area contributed by atoms with Gasteiger partial charge in [0.1, 0.15) is 12.4 Å². The van der Waals surface area contributed by atoms with Gasteiger partial charge in [-0.3, -0.25) is 4.79 Å². The summed E-state index contributed by atoms with van der Waals surface area (Å²) in [7, 11) is 1.37. The van der Waals surface area contributed by atoms with Crippen LogP contribution in [0, 0.1) is 0 Å². The number of hydrogen-bond donors (Lipinski definition) is 1. The van der Waals surface area contributed by atoms with Crippen LogP contribution in [0.3, 0.4) is 0 Å². The molecule has 0 aromatic heterocycles. The van der Waals surface area contributed by atoms with Gasteiger partial charge in [-0.15, -0.1) is 0 Å². The van der Waals surface area contributed by atoms with Gasteiger partial charge in [0.15, 0.2) is 0 Å². The van der Waals surface area contributed by atoms with Gasteiger partial charge in [0.2, 0.25) is 5.06 Å². The van der Waals surface area contributed by atoms with Crippen molar-refractivity contribution < 1.29 is 14.6 Å². The first-order chi connectivity index (χ1) is 6.02. The van der Waals surface area contributed by atoms with Gasteiger partial charge in [0, 0.05) is 12.7 Å². The molecule has 0 heterocycles. The lowest BCUT2D eigenvalue weighted by molar-refractivity contribution is -0.104. The van der Waals surface area contributed by atoms with Gasteiger partial charge in [-0.05, 0) is 12.2 Å². The number of rotatable bonds is 2. The van der Waals surface area contributed by atoms with E-state index in [1.807, 2.05) is 0 Å². The van der Waals surface area contributed by atoms with E-state index in [-0.39, 0.29) is 5.03 Å². The third-order valence-corrected chi connectivity index (χ3v) is 2.65. The number of alkyl halides is 1. The van der Waals surface area contributed by atoms with Crippen LogP contribution < -0.4 is 0 Å². The van der Waals surface area contributed by atoms with Crippen molar-refractivity contribution in [3.05, 3.63) is 22.8 Å². The monoisotopic (exact) mass is 222 g/mol. The smallest absolute Gasteiger partial charge is 0.205 e. The van der Waals surface area contributed by atoms with Gasteiger partial charge in [-0.1, -0.05) is 23.2 Å². The highest BCUT2D eigenvalue weighted by molar-refractivity contribution is 6.39. The first-order valence-electron chi connectivity index (χ1n) is 3.51. The molecular weight excluding hydrogens is 215 g/mol. The molecule has 0 saturated heterocycles. The minimum Gasteiger partial charge on any atom is -0.373 e. The molecule has 1 aliphatic rings. The summed E-state index contributed by atoms with van der Waals surface area (Å²) < 4.78 is 4.87. The van der Waals surface area contributed by atoms with Crippen molar-refractivity contribution in [3.63, 3.8) is 0 Å². The molecule has 1 rings (SSSR count). The minimum atomic E-state index is -1.77. The van der Waals surface area contributed by atoms with Crippen molar-refractivity contribution in [2.45, 2.75) is 11.2 Å². The van der Waals surface area contributed by atoms with E-state index >= 15 is 0 Å². The molecular formula is C8H8Cl2O3. The number of halogens is 2. The third-order valence-electron chi connectivity index (χ3n) is 1.74. The molecule has 0 bridgehead atoms. The van der Waals surface area contributed by atoms with Crippen LogP contribution in [0.2, 0.25) is 0 Å². The Balaban J connectivity index is 3.05. The summed E-state index contributed by atoms with van der Waals surface area (Å²) in [4.78, 5) is 10.4. The number of carbonyl (C=O) groups is 1. The van der Waals surface area contributed by atoms with E-state index in [0.717, 1.165) is 0 Å². The lowest BCUT2D eigenvalue weighted by Crippen LogP contribution is -2.39. The Bertz CT molecular complexity index is 281. The molecule has 1 N–H and O–H groups in total. The van der Waals surface area contributed by atoms with E-state index in [4.69, 9.17) is 27.9 Å². The number of methoxy groups -OCH3 is 1. The number of aldehydes is 1. The molecule has 13 heavy (non-hydrogen) atoms. The number of carbonyl (C=O) groups excluding carboxylic acids is 1. The van der Waals surface area contributed by atoms with Crippen molar-refractivity contribution in [1.82, 2.24) is 0 Å². The minimum absolute atomic E-state index is 0.0226. The summed E-state index contributed by atoms with van der Waals surface area (Å²) in [5.74, 6) is 0. The van der Waals surface area contributed by atoms with Crippen molar-refractivity contribution in [2.24, 2.45) is 0 Å². The standard InChI is InChI=1S/C8H8Cl2O3/c1-13-7-3-5(4-11)2-6(9)8(7,10)12/h2-4,7,12H,1H3. The summed E-state index contributed by atoms with van der Waals surface area (Å²) in [5, 5.41) is 7.80. The second-order valence-electron chi connectivity index (χ2n) is 2.61. The molecule has 0 radical (unpaired) electrons. The molecule has 0 saturated carbocycles. The molecule has 2 atom stereocenters. The molecule has 2 unspecified atom stereocenters. The van der Waals surface area contributed by atoms with Gasteiger partial charge in [0.05, 0.1) is 5.03 Å². The Morgan fingerprint density at radius 3 is 2.85 bits per heavy atom. The van der Waals surface area contributed by atoms with E-state index in [2.05, 4.69) is 0 Å². The first-order valence-corrected chi connectivity index (χ1v) is 4.26. The normalized spacial score (nSPS) is 33.7. The van der Waals surface area contributed by atoms with Gasteiger partial charge in [0.25, 0.3) is 0 Å². The molecule has 72 valence electrons. The zero-order valence-corrected chi connectivity index (χ0v) is 8.34. The molecule has 0 aromatic carbocycles. The Hall–Kier alpha value is -0.350. The summed E-state index contributed by atoms with van der Waals surface area (Å²) in [6.45, 7) is 0. The number of allylic oxidation sites excluding steroid dienone is 2. The van der Waals surface area contributed by atoms with Crippen molar-refractivity contribution in [2.75, 3.05) is 7.11 Å². The zero-order chi connectivity index (χ0) is 10.1. The Morgan fingerprint density at radius 1 is 1.77 bits per heavy atom.